The molecule has 1 aromatic rings. The van der Waals surface area contributed by atoms with Crippen molar-refractivity contribution in [3.8, 4) is 11.5 Å². The third kappa shape index (κ3) is 2.90. The smallest absolute Gasteiger partial charge is 0.251 e. The summed E-state index contributed by atoms with van der Waals surface area (Å²) in [5.41, 5.74) is 0.609. The van der Waals surface area contributed by atoms with Crippen molar-refractivity contribution in [3.63, 3.8) is 0 Å². The van der Waals surface area contributed by atoms with Crippen LogP contribution in [0.5, 0.6) is 11.5 Å². The molecule has 0 bridgehead atoms. The summed E-state index contributed by atoms with van der Waals surface area (Å²) in [5, 5.41) is 2.94. The van der Waals surface area contributed by atoms with Gasteiger partial charge in [-0.15, -0.1) is 0 Å². The van der Waals surface area contributed by atoms with E-state index in [-0.39, 0.29) is 5.91 Å². The molecular formula is C13H17NO3. The van der Waals surface area contributed by atoms with E-state index in [9.17, 15) is 4.79 Å². The van der Waals surface area contributed by atoms with E-state index in [0.717, 1.165) is 12.8 Å². The Morgan fingerprint density at radius 1 is 1.41 bits per heavy atom. The van der Waals surface area contributed by atoms with E-state index in [1.165, 1.54) is 0 Å². The molecule has 1 amide bonds. The first-order chi connectivity index (χ1) is 8.24. The Hall–Kier alpha value is -1.71. The van der Waals surface area contributed by atoms with Gasteiger partial charge in [0.1, 0.15) is 0 Å². The fraction of sp³-hybridized carbons (Fsp3) is 0.462. The Morgan fingerprint density at radius 2 is 2.18 bits per heavy atom. The molecule has 0 radical (unpaired) electrons. The van der Waals surface area contributed by atoms with Crippen LogP contribution < -0.4 is 14.8 Å². The number of methoxy groups -OCH3 is 1. The van der Waals surface area contributed by atoms with E-state index in [0.29, 0.717) is 29.7 Å². The van der Waals surface area contributed by atoms with Crippen molar-refractivity contribution < 1.29 is 14.3 Å². The largest absolute Gasteiger partial charge is 0.493 e. The van der Waals surface area contributed by atoms with Crippen molar-refractivity contribution in [2.24, 2.45) is 0 Å². The third-order valence-corrected chi connectivity index (χ3v) is 2.64. The molecule has 17 heavy (non-hydrogen) atoms. The number of ether oxygens (including phenoxy) is 2. The lowest BCUT2D eigenvalue weighted by Crippen LogP contribution is -2.25. The Labute approximate surface area is 101 Å². The lowest BCUT2D eigenvalue weighted by molar-refractivity contribution is 0.0950. The molecule has 0 heterocycles. The van der Waals surface area contributed by atoms with Gasteiger partial charge in [-0.2, -0.15) is 0 Å². The van der Waals surface area contributed by atoms with Crippen LogP contribution >= 0.6 is 0 Å². The number of rotatable bonds is 5. The van der Waals surface area contributed by atoms with Crippen LogP contribution in [0.3, 0.4) is 0 Å². The summed E-state index contributed by atoms with van der Waals surface area (Å²) in [4.78, 5) is 11.8. The lowest BCUT2D eigenvalue weighted by Gasteiger charge is -2.10. The highest BCUT2D eigenvalue weighted by Gasteiger charge is 2.24. The predicted octanol–water partition coefficient (Wildman–Crippen LogP) is 1.99. The molecule has 0 unspecified atom stereocenters. The molecule has 0 atom stereocenters. The summed E-state index contributed by atoms with van der Waals surface area (Å²) in [6.07, 6.45) is 2.17. The SMILES string of the molecule is CCOc1ccc(C(=O)NC2CC2)cc1OC. The third-order valence-electron chi connectivity index (χ3n) is 2.64. The number of benzene rings is 1. The van der Waals surface area contributed by atoms with Crippen LogP contribution in [0.1, 0.15) is 30.1 Å². The molecule has 1 saturated carbocycles. The van der Waals surface area contributed by atoms with Crippen molar-refractivity contribution >= 4 is 5.91 Å². The zero-order valence-electron chi connectivity index (χ0n) is 10.2. The maximum absolute atomic E-state index is 11.8. The fourth-order valence-corrected chi connectivity index (χ4v) is 1.58. The molecule has 0 spiro atoms. The van der Waals surface area contributed by atoms with Crippen LogP contribution in [0.2, 0.25) is 0 Å². The molecule has 4 heteroatoms. The number of hydrogen-bond donors (Lipinski definition) is 1. The molecule has 0 aromatic heterocycles. The molecule has 4 nitrogen and oxygen atoms in total. The normalized spacial score (nSPS) is 14.2. The van der Waals surface area contributed by atoms with Gasteiger partial charge < -0.3 is 14.8 Å². The van der Waals surface area contributed by atoms with Crippen molar-refractivity contribution in [2.45, 2.75) is 25.8 Å². The van der Waals surface area contributed by atoms with Gasteiger partial charge >= 0.3 is 0 Å². The maximum Gasteiger partial charge on any atom is 0.251 e. The van der Waals surface area contributed by atoms with E-state index in [2.05, 4.69) is 5.32 Å². The van der Waals surface area contributed by atoms with Gasteiger partial charge in [0.25, 0.3) is 5.91 Å². The Kier molecular flexibility index (Phi) is 3.52. The van der Waals surface area contributed by atoms with Gasteiger partial charge in [-0.1, -0.05) is 0 Å². The summed E-state index contributed by atoms with van der Waals surface area (Å²) in [7, 11) is 1.57. The molecular weight excluding hydrogens is 218 g/mol. The molecule has 1 aliphatic rings. The van der Waals surface area contributed by atoms with Gasteiger partial charge in [-0.25, -0.2) is 0 Å². The van der Waals surface area contributed by atoms with Gasteiger partial charge in [0.2, 0.25) is 0 Å². The van der Waals surface area contributed by atoms with Gasteiger partial charge in [0, 0.05) is 11.6 Å². The van der Waals surface area contributed by atoms with Crippen LogP contribution in [0.15, 0.2) is 18.2 Å². The standard InChI is InChI=1S/C13H17NO3/c1-3-17-11-7-4-9(8-12(11)16-2)13(15)14-10-5-6-10/h4,7-8,10H,3,5-6H2,1-2H3,(H,14,15). The topological polar surface area (TPSA) is 47.6 Å². The van der Waals surface area contributed by atoms with Crippen LogP contribution in [0, 0.1) is 0 Å². The number of carbonyl (C=O) groups excluding carboxylic acids is 1. The zero-order valence-corrected chi connectivity index (χ0v) is 10.2. The Bertz CT molecular complexity index is 413. The zero-order chi connectivity index (χ0) is 12.3. The number of hydrogen-bond acceptors (Lipinski definition) is 3. The second-order valence-electron chi connectivity index (χ2n) is 4.05. The number of nitrogens with one attached hydrogen (secondary N) is 1. The van der Waals surface area contributed by atoms with Crippen molar-refractivity contribution in [2.75, 3.05) is 13.7 Å². The molecule has 1 aromatic carbocycles. The minimum atomic E-state index is -0.0474. The number of amides is 1. The van der Waals surface area contributed by atoms with E-state index < -0.39 is 0 Å². The fourth-order valence-electron chi connectivity index (χ4n) is 1.58. The summed E-state index contributed by atoms with van der Waals surface area (Å²) >= 11 is 0. The molecule has 1 fully saturated rings. The summed E-state index contributed by atoms with van der Waals surface area (Å²) in [5.74, 6) is 1.21. The summed E-state index contributed by atoms with van der Waals surface area (Å²) < 4.78 is 10.6. The Balaban J connectivity index is 2.14. The highest BCUT2D eigenvalue weighted by atomic mass is 16.5. The van der Waals surface area contributed by atoms with Gasteiger partial charge in [0.15, 0.2) is 11.5 Å². The molecule has 0 saturated heterocycles. The first kappa shape index (κ1) is 11.8. The highest BCUT2D eigenvalue weighted by Crippen LogP contribution is 2.28. The van der Waals surface area contributed by atoms with E-state index in [4.69, 9.17) is 9.47 Å². The number of carbonyl (C=O) groups is 1. The molecule has 0 aliphatic heterocycles. The Morgan fingerprint density at radius 3 is 2.76 bits per heavy atom. The molecule has 92 valence electrons. The highest BCUT2D eigenvalue weighted by molar-refractivity contribution is 5.95. The van der Waals surface area contributed by atoms with Crippen LogP contribution in [0.25, 0.3) is 0 Å². The van der Waals surface area contributed by atoms with E-state index in [1.54, 1.807) is 25.3 Å². The second-order valence-corrected chi connectivity index (χ2v) is 4.05. The molecule has 1 aliphatic carbocycles. The van der Waals surface area contributed by atoms with Gasteiger partial charge in [0.05, 0.1) is 13.7 Å². The monoisotopic (exact) mass is 235 g/mol. The minimum Gasteiger partial charge on any atom is -0.493 e. The van der Waals surface area contributed by atoms with Crippen LogP contribution in [-0.4, -0.2) is 25.7 Å². The minimum absolute atomic E-state index is 0.0474. The average Bonchev–Trinajstić information content (AvgIpc) is 3.13. The predicted molar refractivity (Wildman–Crippen MR) is 64.7 cm³/mol. The molecule has 1 N–H and O–H groups in total. The van der Waals surface area contributed by atoms with Crippen molar-refractivity contribution in [3.05, 3.63) is 23.8 Å². The average molecular weight is 235 g/mol. The second kappa shape index (κ2) is 5.08. The van der Waals surface area contributed by atoms with Gasteiger partial charge in [-0.3, -0.25) is 4.79 Å². The molecule has 2 rings (SSSR count). The first-order valence-electron chi connectivity index (χ1n) is 5.86. The maximum atomic E-state index is 11.8. The van der Waals surface area contributed by atoms with Crippen LogP contribution in [-0.2, 0) is 0 Å². The van der Waals surface area contributed by atoms with Crippen molar-refractivity contribution in [1.82, 2.24) is 5.32 Å². The van der Waals surface area contributed by atoms with Gasteiger partial charge in [-0.05, 0) is 38.0 Å². The van der Waals surface area contributed by atoms with E-state index in [1.807, 2.05) is 6.92 Å². The summed E-state index contributed by atoms with van der Waals surface area (Å²) in [6.45, 7) is 2.48. The summed E-state index contributed by atoms with van der Waals surface area (Å²) in [6, 6.07) is 5.60. The van der Waals surface area contributed by atoms with Crippen molar-refractivity contribution in [1.29, 1.82) is 0 Å². The lowest BCUT2D eigenvalue weighted by atomic mass is 10.2. The first-order valence-corrected chi connectivity index (χ1v) is 5.86. The van der Waals surface area contributed by atoms with Crippen LogP contribution in [0.4, 0.5) is 0 Å². The van der Waals surface area contributed by atoms with E-state index >= 15 is 0 Å². The quantitative estimate of drug-likeness (QED) is 0.849.